The molecule has 136 valence electrons. The molecule has 0 radical (unpaired) electrons. The number of nitrogens with zero attached hydrogens (tertiary/aromatic N) is 1. The molecule has 3 rings (SSSR count). The molecule has 0 atom stereocenters. The molecule has 0 saturated heterocycles. The third-order valence-electron chi connectivity index (χ3n) is 3.79. The molecule has 3 aromatic rings. The number of anilines is 3. The SMILES string of the molecule is CCc1cc(O)ccc1Nc1cc(-c2ccc(NC(F)(F)F)cc2)[nH]n1. The molecule has 0 saturated carbocycles. The van der Waals surface area contributed by atoms with Crippen LogP contribution in [-0.2, 0) is 6.42 Å². The maximum absolute atomic E-state index is 12.3. The van der Waals surface area contributed by atoms with E-state index in [1.54, 1.807) is 36.4 Å². The summed E-state index contributed by atoms with van der Waals surface area (Å²) in [6, 6.07) is 12.6. The molecule has 0 aliphatic rings. The molecule has 0 aliphatic carbocycles. The van der Waals surface area contributed by atoms with Gasteiger partial charge in [-0.15, -0.1) is 0 Å². The van der Waals surface area contributed by atoms with E-state index in [0.717, 1.165) is 17.7 Å². The molecule has 0 unspecified atom stereocenters. The monoisotopic (exact) mass is 362 g/mol. The largest absolute Gasteiger partial charge is 0.508 e. The zero-order valence-electron chi connectivity index (χ0n) is 13.9. The van der Waals surface area contributed by atoms with Crippen molar-refractivity contribution in [3.8, 4) is 17.0 Å². The molecule has 0 fully saturated rings. The highest BCUT2D eigenvalue weighted by Crippen LogP contribution is 2.28. The first-order valence-corrected chi connectivity index (χ1v) is 7.94. The van der Waals surface area contributed by atoms with Gasteiger partial charge in [0.1, 0.15) is 5.75 Å². The number of nitrogens with one attached hydrogen (secondary N) is 3. The second-order valence-electron chi connectivity index (χ2n) is 5.69. The van der Waals surface area contributed by atoms with Crippen LogP contribution in [-0.4, -0.2) is 21.6 Å². The van der Waals surface area contributed by atoms with Crippen molar-refractivity contribution in [2.75, 3.05) is 10.6 Å². The summed E-state index contributed by atoms with van der Waals surface area (Å²) < 4.78 is 36.9. The van der Waals surface area contributed by atoms with E-state index in [-0.39, 0.29) is 11.4 Å². The maximum Gasteiger partial charge on any atom is 0.482 e. The lowest BCUT2D eigenvalue weighted by Gasteiger charge is -2.10. The summed E-state index contributed by atoms with van der Waals surface area (Å²) in [7, 11) is 0. The first kappa shape index (κ1) is 17.7. The Balaban J connectivity index is 1.76. The fourth-order valence-electron chi connectivity index (χ4n) is 2.56. The van der Waals surface area contributed by atoms with Crippen LogP contribution in [0.4, 0.5) is 30.4 Å². The molecule has 26 heavy (non-hydrogen) atoms. The van der Waals surface area contributed by atoms with Crippen molar-refractivity contribution >= 4 is 17.2 Å². The van der Waals surface area contributed by atoms with Gasteiger partial charge in [0.15, 0.2) is 5.82 Å². The predicted octanol–water partition coefficient (Wildman–Crippen LogP) is 5.02. The Morgan fingerprint density at radius 3 is 2.46 bits per heavy atom. The van der Waals surface area contributed by atoms with Gasteiger partial charge >= 0.3 is 6.30 Å². The number of phenolic OH excluding ortho intramolecular Hbond substituents is 1. The van der Waals surface area contributed by atoms with E-state index in [1.165, 1.54) is 17.4 Å². The molecule has 0 aliphatic heterocycles. The van der Waals surface area contributed by atoms with Crippen molar-refractivity contribution in [2.45, 2.75) is 19.6 Å². The predicted molar refractivity (Wildman–Crippen MR) is 94.5 cm³/mol. The van der Waals surface area contributed by atoms with Crippen LogP contribution in [0.3, 0.4) is 0 Å². The van der Waals surface area contributed by atoms with E-state index < -0.39 is 6.30 Å². The number of aromatic nitrogens is 2. The summed E-state index contributed by atoms with van der Waals surface area (Å²) in [6.45, 7) is 1.98. The Bertz CT molecular complexity index is 888. The Morgan fingerprint density at radius 1 is 1.08 bits per heavy atom. The average molecular weight is 362 g/mol. The van der Waals surface area contributed by atoms with Crippen LogP contribution in [0.25, 0.3) is 11.3 Å². The summed E-state index contributed by atoms with van der Waals surface area (Å²) >= 11 is 0. The first-order valence-electron chi connectivity index (χ1n) is 7.94. The molecule has 5 nitrogen and oxygen atoms in total. The highest BCUT2D eigenvalue weighted by atomic mass is 19.4. The quantitative estimate of drug-likeness (QED) is 0.380. The molecule has 0 amide bonds. The van der Waals surface area contributed by atoms with Crippen molar-refractivity contribution in [1.29, 1.82) is 0 Å². The minimum absolute atomic E-state index is 0.0317. The fourth-order valence-corrected chi connectivity index (χ4v) is 2.56. The van der Waals surface area contributed by atoms with Crippen molar-refractivity contribution in [3.05, 3.63) is 54.1 Å². The average Bonchev–Trinajstić information content (AvgIpc) is 3.04. The number of hydrogen-bond donors (Lipinski definition) is 4. The number of benzene rings is 2. The number of rotatable bonds is 5. The molecule has 1 aromatic heterocycles. The molecule has 0 bridgehead atoms. The zero-order chi connectivity index (χ0) is 18.7. The highest BCUT2D eigenvalue weighted by molar-refractivity contribution is 5.69. The van der Waals surface area contributed by atoms with E-state index in [0.29, 0.717) is 17.1 Å². The number of phenols is 1. The highest BCUT2D eigenvalue weighted by Gasteiger charge is 2.26. The minimum Gasteiger partial charge on any atom is -0.508 e. The lowest BCUT2D eigenvalue weighted by Crippen LogP contribution is -2.20. The molecule has 4 N–H and O–H groups in total. The van der Waals surface area contributed by atoms with Crippen molar-refractivity contribution in [3.63, 3.8) is 0 Å². The van der Waals surface area contributed by atoms with Crippen LogP contribution >= 0.6 is 0 Å². The minimum atomic E-state index is -4.46. The second kappa shape index (κ2) is 6.99. The van der Waals surface area contributed by atoms with Gasteiger partial charge in [-0.2, -0.15) is 18.3 Å². The van der Waals surface area contributed by atoms with Crippen LogP contribution in [0.1, 0.15) is 12.5 Å². The van der Waals surface area contributed by atoms with Gasteiger partial charge < -0.3 is 10.4 Å². The Hall–Kier alpha value is -3.16. The van der Waals surface area contributed by atoms with Crippen molar-refractivity contribution < 1.29 is 18.3 Å². The lowest BCUT2D eigenvalue weighted by molar-refractivity contribution is -0.0999. The molecule has 8 heteroatoms. The lowest BCUT2D eigenvalue weighted by atomic mass is 10.1. The number of hydrogen-bond acceptors (Lipinski definition) is 4. The van der Waals surface area contributed by atoms with Gasteiger partial charge in [0, 0.05) is 17.4 Å². The Labute approximate surface area is 147 Å². The molecule has 2 aromatic carbocycles. The van der Waals surface area contributed by atoms with Crippen LogP contribution in [0.5, 0.6) is 5.75 Å². The smallest absolute Gasteiger partial charge is 0.482 e. The third-order valence-corrected chi connectivity index (χ3v) is 3.79. The number of halogens is 3. The van der Waals surface area contributed by atoms with Gasteiger partial charge in [0.05, 0.1) is 5.69 Å². The van der Waals surface area contributed by atoms with Gasteiger partial charge in [-0.1, -0.05) is 19.1 Å². The van der Waals surface area contributed by atoms with E-state index in [9.17, 15) is 18.3 Å². The Kier molecular flexibility index (Phi) is 4.75. The number of aryl methyl sites for hydroxylation is 1. The summed E-state index contributed by atoms with van der Waals surface area (Å²) in [4.78, 5) is 0. The number of aromatic amines is 1. The van der Waals surface area contributed by atoms with Crippen LogP contribution in [0, 0.1) is 0 Å². The fraction of sp³-hybridized carbons (Fsp3) is 0.167. The van der Waals surface area contributed by atoms with Crippen LogP contribution < -0.4 is 10.6 Å². The number of aromatic hydroxyl groups is 1. The van der Waals surface area contributed by atoms with E-state index in [4.69, 9.17) is 0 Å². The van der Waals surface area contributed by atoms with E-state index >= 15 is 0 Å². The number of H-pyrrole nitrogens is 1. The summed E-state index contributed by atoms with van der Waals surface area (Å²) in [6.07, 6.45) is -3.73. The molecular formula is C18H17F3N4O. The van der Waals surface area contributed by atoms with Gasteiger partial charge in [0.25, 0.3) is 0 Å². The molecular weight excluding hydrogens is 345 g/mol. The van der Waals surface area contributed by atoms with Gasteiger partial charge in [-0.05, 0) is 47.9 Å². The third kappa shape index (κ3) is 4.27. The van der Waals surface area contributed by atoms with Crippen molar-refractivity contribution in [1.82, 2.24) is 10.2 Å². The topological polar surface area (TPSA) is 73.0 Å². The van der Waals surface area contributed by atoms with Gasteiger partial charge in [-0.25, -0.2) is 0 Å². The normalized spacial score (nSPS) is 11.4. The van der Waals surface area contributed by atoms with E-state index in [2.05, 4.69) is 15.5 Å². The molecule has 1 heterocycles. The number of alkyl halides is 3. The van der Waals surface area contributed by atoms with Gasteiger partial charge in [0.2, 0.25) is 0 Å². The van der Waals surface area contributed by atoms with Gasteiger partial charge in [-0.3, -0.25) is 10.4 Å². The van der Waals surface area contributed by atoms with Crippen molar-refractivity contribution in [2.24, 2.45) is 0 Å². The zero-order valence-corrected chi connectivity index (χ0v) is 13.9. The van der Waals surface area contributed by atoms with E-state index in [1.807, 2.05) is 6.92 Å². The summed E-state index contributed by atoms with van der Waals surface area (Å²) in [5.74, 6) is 0.764. The standard InChI is InChI=1S/C18H17F3N4O/c1-2-11-9-14(26)7-8-15(11)22-17-10-16(24-25-17)12-3-5-13(6-4-12)23-18(19,20)21/h3-10,23,26H,2H2,1H3,(H2,22,24,25). The van der Waals surface area contributed by atoms with Crippen LogP contribution in [0.2, 0.25) is 0 Å². The maximum atomic E-state index is 12.3. The second-order valence-corrected chi connectivity index (χ2v) is 5.69. The summed E-state index contributed by atoms with van der Waals surface area (Å²) in [5.41, 5.74) is 3.11. The first-order chi connectivity index (χ1) is 12.3. The van der Waals surface area contributed by atoms with Crippen LogP contribution in [0.15, 0.2) is 48.5 Å². The summed E-state index contributed by atoms with van der Waals surface area (Å²) in [5, 5.41) is 21.2. The molecule has 0 spiro atoms. The Morgan fingerprint density at radius 2 is 1.81 bits per heavy atom.